The predicted octanol–water partition coefficient (Wildman–Crippen LogP) is -0.351. The zero-order valence-electron chi connectivity index (χ0n) is 10.4. The number of carboxylic acid groups (broad SMARTS) is 1. The highest BCUT2D eigenvalue weighted by Crippen LogP contribution is 2.05. The molecule has 1 aromatic rings. The van der Waals surface area contributed by atoms with Crippen LogP contribution in [0.2, 0.25) is 0 Å². The van der Waals surface area contributed by atoms with Crippen molar-refractivity contribution in [1.82, 2.24) is 15.3 Å². The molecule has 1 atom stereocenters. The average molecular weight is 254 g/mol. The lowest BCUT2D eigenvalue weighted by Gasteiger charge is -2.20. The van der Waals surface area contributed by atoms with Crippen LogP contribution < -0.4 is 11.1 Å². The monoisotopic (exact) mass is 254 g/mol. The quantitative estimate of drug-likeness (QED) is 0.553. The van der Waals surface area contributed by atoms with Crippen molar-refractivity contribution in [2.24, 2.45) is 5.73 Å². The molecular formula is C11H18N4O3. The number of hydrogen-bond donors (Lipinski definition) is 4. The van der Waals surface area contributed by atoms with Crippen LogP contribution in [0, 0.1) is 0 Å². The molecule has 0 radical (unpaired) electrons. The number of aliphatic carboxylic acids is 1. The van der Waals surface area contributed by atoms with Gasteiger partial charge in [0.2, 0.25) is 5.91 Å². The molecule has 1 aromatic heterocycles. The first-order valence-corrected chi connectivity index (χ1v) is 5.56. The van der Waals surface area contributed by atoms with E-state index in [0.717, 1.165) is 0 Å². The number of nitrogens with zero attached hydrogens (tertiary/aromatic N) is 1. The Morgan fingerprint density at radius 1 is 1.61 bits per heavy atom. The standard InChI is InChI=1S/C11H18N4O3/c1-11(2,12)4-9(16)15-8(10(17)18)3-7-5-13-6-14-7/h5-6,8H,3-4,12H2,1-2H3,(H,13,14)(H,15,16)(H,17,18)/t8-/m0/s1. The molecule has 18 heavy (non-hydrogen) atoms. The van der Waals surface area contributed by atoms with Crippen molar-refractivity contribution in [3.63, 3.8) is 0 Å². The number of amides is 1. The summed E-state index contributed by atoms with van der Waals surface area (Å²) in [5.74, 6) is -1.48. The van der Waals surface area contributed by atoms with Gasteiger partial charge in [-0.2, -0.15) is 0 Å². The first-order chi connectivity index (χ1) is 8.28. The molecule has 0 aliphatic rings. The van der Waals surface area contributed by atoms with E-state index in [0.29, 0.717) is 5.69 Å². The van der Waals surface area contributed by atoms with Crippen LogP contribution in [0.4, 0.5) is 0 Å². The minimum Gasteiger partial charge on any atom is -0.480 e. The molecule has 0 spiro atoms. The highest BCUT2D eigenvalue weighted by molar-refractivity contribution is 5.84. The molecule has 1 amide bonds. The number of imidazole rings is 1. The minimum absolute atomic E-state index is 0.0668. The molecule has 0 unspecified atom stereocenters. The van der Waals surface area contributed by atoms with Gasteiger partial charge in [0.05, 0.1) is 12.0 Å². The molecule has 1 heterocycles. The smallest absolute Gasteiger partial charge is 0.326 e. The first-order valence-electron chi connectivity index (χ1n) is 5.56. The van der Waals surface area contributed by atoms with E-state index < -0.39 is 17.6 Å². The second kappa shape index (κ2) is 5.63. The van der Waals surface area contributed by atoms with E-state index in [1.807, 2.05) is 0 Å². The van der Waals surface area contributed by atoms with E-state index in [-0.39, 0.29) is 18.7 Å². The fourth-order valence-electron chi connectivity index (χ4n) is 1.47. The summed E-state index contributed by atoms with van der Waals surface area (Å²) >= 11 is 0. The van der Waals surface area contributed by atoms with Gasteiger partial charge in [0.15, 0.2) is 0 Å². The van der Waals surface area contributed by atoms with Crippen LogP contribution in [0.25, 0.3) is 0 Å². The van der Waals surface area contributed by atoms with Gasteiger partial charge in [-0.15, -0.1) is 0 Å². The maximum atomic E-state index is 11.6. The third-order valence-electron chi connectivity index (χ3n) is 2.22. The summed E-state index contributed by atoms with van der Waals surface area (Å²) in [6.07, 6.45) is 3.25. The summed E-state index contributed by atoms with van der Waals surface area (Å²) < 4.78 is 0. The lowest BCUT2D eigenvalue weighted by Crippen LogP contribution is -2.46. The van der Waals surface area contributed by atoms with Gasteiger partial charge in [0, 0.05) is 24.6 Å². The van der Waals surface area contributed by atoms with E-state index in [2.05, 4.69) is 15.3 Å². The van der Waals surface area contributed by atoms with Crippen molar-refractivity contribution in [2.45, 2.75) is 38.3 Å². The SMILES string of the molecule is CC(C)(N)CC(=O)N[C@@H](Cc1c[nH]cn1)C(=O)O. The molecular weight excluding hydrogens is 236 g/mol. The Hall–Kier alpha value is -1.89. The number of hydrogen-bond acceptors (Lipinski definition) is 4. The van der Waals surface area contributed by atoms with Crippen LogP contribution in [-0.4, -0.2) is 38.5 Å². The van der Waals surface area contributed by atoms with E-state index in [1.54, 1.807) is 20.0 Å². The van der Waals surface area contributed by atoms with E-state index >= 15 is 0 Å². The predicted molar refractivity (Wildman–Crippen MR) is 64.7 cm³/mol. The Morgan fingerprint density at radius 2 is 2.28 bits per heavy atom. The Balaban J connectivity index is 2.58. The number of rotatable bonds is 6. The van der Waals surface area contributed by atoms with Gasteiger partial charge < -0.3 is 21.1 Å². The van der Waals surface area contributed by atoms with Gasteiger partial charge in [-0.3, -0.25) is 4.79 Å². The number of nitrogens with one attached hydrogen (secondary N) is 2. The van der Waals surface area contributed by atoms with Gasteiger partial charge in [-0.25, -0.2) is 9.78 Å². The summed E-state index contributed by atoms with van der Waals surface area (Å²) in [6.45, 7) is 3.41. The fraction of sp³-hybridized carbons (Fsp3) is 0.545. The van der Waals surface area contributed by atoms with E-state index in [1.165, 1.54) is 6.33 Å². The zero-order chi connectivity index (χ0) is 13.8. The Labute approximate surface area is 105 Å². The number of H-pyrrole nitrogens is 1. The summed E-state index contributed by atoms with van der Waals surface area (Å²) in [7, 11) is 0. The van der Waals surface area contributed by atoms with Crippen molar-refractivity contribution < 1.29 is 14.7 Å². The van der Waals surface area contributed by atoms with Crippen molar-refractivity contribution in [3.05, 3.63) is 18.2 Å². The first kappa shape index (κ1) is 14.2. The summed E-state index contributed by atoms with van der Waals surface area (Å²) in [6, 6.07) is -0.997. The lowest BCUT2D eigenvalue weighted by atomic mass is 10.0. The van der Waals surface area contributed by atoms with E-state index in [9.17, 15) is 9.59 Å². The maximum Gasteiger partial charge on any atom is 0.326 e. The molecule has 0 aromatic carbocycles. The number of nitrogens with two attached hydrogens (primary N) is 1. The molecule has 100 valence electrons. The number of aromatic amines is 1. The Morgan fingerprint density at radius 3 is 2.72 bits per heavy atom. The molecule has 1 rings (SSSR count). The van der Waals surface area contributed by atoms with Gasteiger partial charge in [0.25, 0.3) is 0 Å². The second-order valence-corrected chi connectivity index (χ2v) is 4.89. The van der Waals surface area contributed by atoms with Gasteiger partial charge in [0.1, 0.15) is 6.04 Å². The molecule has 0 aliphatic heterocycles. The number of carbonyl (C=O) groups excluding carboxylic acids is 1. The summed E-state index contributed by atoms with van der Waals surface area (Å²) in [5, 5.41) is 11.5. The highest BCUT2D eigenvalue weighted by Gasteiger charge is 2.24. The summed E-state index contributed by atoms with van der Waals surface area (Å²) in [4.78, 5) is 29.3. The van der Waals surface area contributed by atoms with Crippen LogP contribution in [-0.2, 0) is 16.0 Å². The lowest BCUT2D eigenvalue weighted by molar-refractivity contribution is -0.142. The van der Waals surface area contributed by atoms with Crippen LogP contribution in [0.3, 0.4) is 0 Å². The van der Waals surface area contributed by atoms with Gasteiger partial charge >= 0.3 is 5.97 Å². The van der Waals surface area contributed by atoms with Gasteiger partial charge in [-0.1, -0.05) is 0 Å². The number of aromatic nitrogens is 2. The van der Waals surface area contributed by atoms with Crippen molar-refractivity contribution in [3.8, 4) is 0 Å². The largest absolute Gasteiger partial charge is 0.480 e. The molecule has 0 bridgehead atoms. The fourth-order valence-corrected chi connectivity index (χ4v) is 1.47. The van der Waals surface area contributed by atoms with Crippen molar-refractivity contribution >= 4 is 11.9 Å². The molecule has 7 nitrogen and oxygen atoms in total. The Bertz CT molecular complexity index is 408. The maximum absolute atomic E-state index is 11.6. The third-order valence-corrected chi connectivity index (χ3v) is 2.22. The van der Waals surface area contributed by atoms with Crippen LogP contribution in [0.5, 0.6) is 0 Å². The molecule has 0 fully saturated rings. The molecule has 0 saturated heterocycles. The molecule has 7 heteroatoms. The molecule has 0 saturated carbocycles. The Kier molecular flexibility index (Phi) is 4.43. The summed E-state index contributed by atoms with van der Waals surface area (Å²) in [5.41, 5.74) is 5.61. The van der Waals surface area contributed by atoms with E-state index in [4.69, 9.17) is 10.8 Å². The van der Waals surface area contributed by atoms with Crippen LogP contribution in [0.15, 0.2) is 12.5 Å². The van der Waals surface area contributed by atoms with Crippen molar-refractivity contribution in [1.29, 1.82) is 0 Å². The molecule has 0 aliphatic carbocycles. The minimum atomic E-state index is -1.10. The zero-order valence-corrected chi connectivity index (χ0v) is 10.4. The normalized spacial score (nSPS) is 13.1. The van der Waals surface area contributed by atoms with Crippen LogP contribution in [0.1, 0.15) is 26.0 Å². The third kappa shape index (κ3) is 4.96. The second-order valence-electron chi connectivity index (χ2n) is 4.89. The highest BCUT2D eigenvalue weighted by atomic mass is 16.4. The number of carbonyl (C=O) groups is 2. The van der Waals surface area contributed by atoms with Gasteiger partial charge in [-0.05, 0) is 13.8 Å². The van der Waals surface area contributed by atoms with Crippen molar-refractivity contribution in [2.75, 3.05) is 0 Å². The topological polar surface area (TPSA) is 121 Å². The average Bonchev–Trinajstić information content (AvgIpc) is 2.66. The van der Waals surface area contributed by atoms with Crippen LogP contribution >= 0.6 is 0 Å². The number of carboxylic acids is 1. The molecule has 5 N–H and O–H groups in total.